The van der Waals surface area contributed by atoms with Gasteiger partial charge in [-0.1, -0.05) is 12.1 Å². The van der Waals surface area contributed by atoms with Crippen molar-refractivity contribution in [1.82, 2.24) is 4.98 Å². The van der Waals surface area contributed by atoms with Gasteiger partial charge in [0.15, 0.2) is 0 Å². The molecule has 3 N–H and O–H groups in total. The van der Waals surface area contributed by atoms with E-state index in [2.05, 4.69) is 4.98 Å². The van der Waals surface area contributed by atoms with E-state index in [-0.39, 0.29) is 5.84 Å². The molecule has 2 rings (SSSR count). The minimum Gasteiger partial charge on any atom is -0.497 e. The molecule has 0 aliphatic carbocycles. The fourth-order valence-corrected chi connectivity index (χ4v) is 1.75. The third-order valence-corrected chi connectivity index (χ3v) is 2.79. The highest BCUT2D eigenvalue weighted by molar-refractivity contribution is 5.95. The Labute approximate surface area is 117 Å². The number of methoxy groups -OCH3 is 1. The van der Waals surface area contributed by atoms with E-state index in [9.17, 15) is 0 Å². The Balaban J connectivity index is 2.08. The molecule has 0 saturated carbocycles. The van der Waals surface area contributed by atoms with E-state index in [0.717, 1.165) is 17.0 Å². The van der Waals surface area contributed by atoms with Crippen LogP contribution in [0.4, 0.5) is 0 Å². The molecule has 0 amide bonds. The highest BCUT2D eigenvalue weighted by Crippen LogP contribution is 2.16. The van der Waals surface area contributed by atoms with Gasteiger partial charge in [-0.05, 0) is 30.7 Å². The summed E-state index contributed by atoms with van der Waals surface area (Å²) in [7, 11) is 1.63. The SMILES string of the molecule is COc1ccc(COc2cc(C(=N)N)cc(C)n2)cc1. The van der Waals surface area contributed by atoms with Crippen molar-refractivity contribution in [2.45, 2.75) is 13.5 Å². The predicted octanol–water partition coefficient (Wildman–Crippen LogP) is 2.26. The maximum atomic E-state index is 7.45. The van der Waals surface area contributed by atoms with Crippen LogP contribution in [-0.4, -0.2) is 17.9 Å². The summed E-state index contributed by atoms with van der Waals surface area (Å²) >= 11 is 0. The molecule has 5 nitrogen and oxygen atoms in total. The summed E-state index contributed by atoms with van der Waals surface area (Å²) in [5.41, 5.74) is 7.87. The summed E-state index contributed by atoms with van der Waals surface area (Å²) in [5, 5.41) is 7.45. The van der Waals surface area contributed by atoms with Crippen molar-refractivity contribution in [2.75, 3.05) is 7.11 Å². The summed E-state index contributed by atoms with van der Waals surface area (Å²) in [6.45, 7) is 2.24. The zero-order valence-corrected chi connectivity index (χ0v) is 11.5. The molecule has 1 heterocycles. The van der Waals surface area contributed by atoms with Crippen LogP contribution in [0.25, 0.3) is 0 Å². The second kappa shape index (κ2) is 6.06. The molecule has 0 radical (unpaired) electrons. The fraction of sp³-hybridized carbons (Fsp3) is 0.200. The van der Waals surface area contributed by atoms with Crippen molar-refractivity contribution >= 4 is 5.84 Å². The van der Waals surface area contributed by atoms with Crippen LogP contribution in [-0.2, 0) is 6.61 Å². The van der Waals surface area contributed by atoms with Gasteiger partial charge in [0.1, 0.15) is 18.2 Å². The van der Waals surface area contributed by atoms with Crippen molar-refractivity contribution in [3.8, 4) is 11.6 Å². The Morgan fingerprint density at radius 1 is 1.25 bits per heavy atom. The molecule has 0 atom stereocenters. The van der Waals surface area contributed by atoms with Gasteiger partial charge in [-0.15, -0.1) is 0 Å². The molecular weight excluding hydrogens is 254 g/mol. The molecule has 0 aliphatic rings. The average molecular weight is 271 g/mol. The zero-order valence-electron chi connectivity index (χ0n) is 11.5. The number of nitrogens with one attached hydrogen (secondary N) is 1. The van der Waals surface area contributed by atoms with Crippen LogP contribution in [0.3, 0.4) is 0 Å². The van der Waals surface area contributed by atoms with Crippen molar-refractivity contribution in [3.05, 3.63) is 53.2 Å². The maximum Gasteiger partial charge on any atom is 0.214 e. The number of pyridine rings is 1. The number of aryl methyl sites for hydroxylation is 1. The Morgan fingerprint density at radius 2 is 1.95 bits per heavy atom. The van der Waals surface area contributed by atoms with Gasteiger partial charge in [0, 0.05) is 17.3 Å². The van der Waals surface area contributed by atoms with Crippen LogP contribution in [0.1, 0.15) is 16.8 Å². The predicted molar refractivity (Wildman–Crippen MR) is 77.3 cm³/mol. The molecule has 1 aromatic carbocycles. The third-order valence-electron chi connectivity index (χ3n) is 2.79. The first-order valence-electron chi connectivity index (χ1n) is 6.17. The van der Waals surface area contributed by atoms with Crippen molar-refractivity contribution in [1.29, 1.82) is 5.41 Å². The highest BCUT2D eigenvalue weighted by atomic mass is 16.5. The van der Waals surface area contributed by atoms with E-state index < -0.39 is 0 Å². The molecule has 104 valence electrons. The monoisotopic (exact) mass is 271 g/mol. The molecule has 0 aliphatic heterocycles. The van der Waals surface area contributed by atoms with Crippen LogP contribution in [0.15, 0.2) is 36.4 Å². The largest absolute Gasteiger partial charge is 0.497 e. The number of ether oxygens (including phenoxy) is 2. The Bertz CT molecular complexity index is 609. The van der Waals surface area contributed by atoms with Crippen molar-refractivity contribution < 1.29 is 9.47 Å². The molecule has 0 unspecified atom stereocenters. The zero-order chi connectivity index (χ0) is 14.5. The van der Waals surface area contributed by atoms with Gasteiger partial charge in [-0.2, -0.15) is 0 Å². The van der Waals surface area contributed by atoms with Crippen LogP contribution in [0.2, 0.25) is 0 Å². The first kappa shape index (κ1) is 13.9. The maximum absolute atomic E-state index is 7.45. The van der Waals surface area contributed by atoms with E-state index in [0.29, 0.717) is 18.1 Å². The third kappa shape index (κ3) is 3.47. The van der Waals surface area contributed by atoms with Crippen LogP contribution in [0.5, 0.6) is 11.6 Å². The van der Waals surface area contributed by atoms with E-state index in [1.54, 1.807) is 19.2 Å². The first-order chi connectivity index (χ1) is 9.58. The summed E-state index contributed by atoms with van der Waals surface area (Å²) in [6.07, 6.45) is 0. The number of rotatable bonds is 5. The van der Waals surface area contributed by atoms with Gasteiger partial charge in [0.25, 0.3) is 0 Å². The Morgan fingerprint density at radius 3 is 2.55 bits per heavy atom. The molecule has 20 heavy (non-hydrogen) atoms. The van der Waals surface area contributed by atoms with E-state index in [1.165, 1.54) is 0 Å². The Kier molecular flexibility index (Phi) is 4.20. The number of nitrogens with zero attached hydrogens (tertiary/aromatic N) is 1. The molecule has 2 aromatic rings. The summed E-state index contributed by atoms with van der Waals surface area (Å²) in [6, 6.07) is 11.0. The molecular formula is C15H17N3O2. The summed E-state index contributed by atoms with van der Waals surface area (Å²) in [4.78, 5) is 4.27. The highest BCUT2D eigenvalue weighted by Gasteiger charge is 2.04. The lowest BCUT2D eigenvalue weighted by Crippen LogP contribution is -2.12. The summed E-state index contributed by atoms with van der Waals surface area (Å²) < 4.78 is 10.7. The van der Waals surface area contributed by atoms with Gasteiger partial charge >= 0.3 is 0 Å². The van der Waals surface area contributed by atoms with Gasteiger partial charge in [-0.25, -0.2) is 4.98 Å². The first-order valence-corrected chi connectivity index (χ1v) is 6.17. The van der Waals surface area contributed by atoms with E-state index in [4.69, 9.17) is 20.6 Å². The number of hydrogen-bond donors (Lipinski definition) is 2. The van der Waals surface area contributed by atoms with Gasteiger partial charge in [-0.3, -0.25) is 5.41 Å². The number of nitrogen functional groups attached to an aromatic ring is 1. The molecule has 1 aromatic heterocycles. The topological polar surface area (TPSA) is 81.2 Å². The smallest absolute Gasteiger partial charge is 0.214 e. The standard InChI is InChI=1S/C15H17N3O2/c1-10-7-12(15(16)17)8-14(18-10)20-9-11-3-5-13(19-2)6-4-11/h3-8H,9H2,1-2H3,(H3,16,17). The summed E-state index contributed by atoms with van der Waals surface area (Å²) in [5.74, 6) is 1.28. The van der Waals surface area contributed by atoms with Crippen molar-refractivity contribution in [3.63, 3.8) is 0 Å². The van der Waals surface area contributed by atoms with Gasteiger partial charge in [0.05, 0.1) is 7.11 Å². The molecule has 5 heteroatoms. The van der Waals surface area contributed by atoms with Crippen LogP contribution >= 0.6 is 0 Å². The number of nitrogens with two attached hydrogens (primary N) is 1. The molecule has 0 fully saturated rings. The average Bonchev–Trinajstić information content (AvgIpc) is 2.45. The number of benzene rings is 1. The number of aromatic nitrogens is 1. The van der Waals surface area contributed by atoms with Crippen LogP contribution in [0, 0.1) is 12.3 Å². The Hall–Kier alpha value is -2.56. The van der Waals surface area contributed by atoms with Crippen LogP contribution < -0.4 is 15.2 Å². The minimum absolute atomic E-state index is 0.00444. The number of hydrogen-bond acceptors (Lipinski definition) is 4. The molecule has 0 spiro atoms. The van der Waals surface area contributed by atoms with E-state index in [1.807, 2.05) is 31.2 Å². The minimum atomic E-state index is 0.00444. The lowest BCUT2D eigenvalue weighted by atomic mass is 10.2. The quantitative estimate of drug-likeness (QED) is 0.645. The lowest BCUT2D eigenvalue weighted by Gasteiger charge is -2.08. The molecule has 0 saturated heterocycles. The second-order valence-electron chi connectivity index (χ2n) is 4.39. The molecule has 0 bridgehead atoms. The normalized spacial score (nSPS) is 10.1. The van der Waals surface area contributed by atoms with Gasteiger partial charge < -0.3 is 15.2 Å². The van der Waals surface area contributed by atoms with Crippen molar-refractivity contribution in [2.24, 2.45) is 5.73 Å². The number of amidine groups is 1. The lowest BCUT2D eigenvalue weighted by molar-refractivity contribution is 0.293. The van der Waals surface area contributed by atoms with E-state index >= 15 is 0 Å². The second-order valence-corrected chi connectivity index (χ2v) is 4.39. The fourth-order valence-electron chi connectivity index (χ4n) is 1.75. The van der Waals surface area contributed by atoms with Gasteiger partial charge in [0.2, 0.25) is 5.88 Å².